The quantitative estimate of drug-likeness (QED) is 0.744. The standard InChI is InChI=1S/C23H28ClN3O2/c1-17-15-27(21(16-29-17)10-7-18-5-8-19(24)9-6-18)20-11-13-26(23(28)14-20)22-4-2-3-12-25-22/h2-6,8-9,12,17,20-21H,7,10-11,13-16H2,1H3/t17-,20?,21-/m0/s1. The Kier molecular flexibility index (Phi) is 6.48. The molecule has 0 aliphatic carbocycles. The van der Waals surface area contributed by atoms with Gasteiger partial charge in [-0.25, -0.2) is 4.98 Å². The van der Waals surface area contributed by atoms with Crippen molar-refractivity contribution in [3.63, 3.8) is 0 Å². The number of benzene rings is 1. The molecule has 2 aliphatic heterocycles. The molecule has 0 spiro atoms. The molecule has 2 aromatic rings. The van der Waals surface area contributed by atoms with Gasteiger partial charge in [0.1, 0.15) is 5.82 Å². The van der Waals surface area contributed by atoms with E-state index in [1.165, 1.54) is 5.56 Å². The fraction of sp³-hybridized carbons (Fsp3) is 0.478. The number of ether oxygens (including phenoxy) is 1. The summed E-state index contributed by atoms with van der Waals surface area (Å²) < 4.78 is 5.97. The number of nitrogens with zero attached hydrogens (tertiary/aromatic N) is 3. The lowest BCUT2D eigenvalue weighted by Crippen LogP contribution is -2.57. The highest BCUT2D eigenvalue weighted by atomic mass is 35.5. The lowest BCUT2D eigenvalue weighted by Gasteiger charge is -2.45. The van der Waals surface area contributed by atoms with E-state index < -0.39 is 0 Å². The van der Waals surface area contributed by atoms with E-state index in [9.17, 15) is 4.79 Å². The molecule has 1 unspecified atom stereocenters. The first-order chi connectivity index (χ1) is 14.1. The lowest BCUT2D eigenvalue weighted by atomic mass is 9.96. The smallest absolute Gasteiger partial charge is 0.229 e. The molecule has 3 atom stereocenters. The van der Waals surface area contributed by atoms with Crippen LogP contribution in [0.25, 0.3) is 0 Å². The number of aryl methyl sites for hydroxylation is 1. The lowest BCUT2D eigenvalue weighted by molar-refractivity contribution is -0.124. The third kappa shape index (κ3) is 4.97. The van der Waals surface area contributed by atoms with Crippen LogP contribution in [0.2, 0.25) is 5.02 Å². The number of morpholine rings is 1. The topological polar surface area (TPSA) is 45.7 Å². The van der Waals surface area contributed by atoms with Crippen LogP contribution in [0.1, 0.15) is 31.7 Å². The van der Waals surface area contributed by atoms with E-state index in [0.717, 1.165) is 49.8 Å². The van der Waals surface area contributed by atoms with E-state index in [1.54, 1.807) is 6.20 Å². The van der Waals surface area contributed by atoms with Crippen molar-refractivity contribution in [2.75, 3.05) is 24.6 Å². The molecule has 1 aromatic carbocycles. The van der Waals surface area contributed by atoms with Gasteiger partial charge in [-0.3, -0.25) is 14.6 Å². The largest absolute Gasteiger partial charge is 0.376 e. The van der Waals surface area contributed by atoms with Gasteiger partial charge in [-0.1, -0.05) is 29.8 Å². The fourth-order valence-corrected chi connectivity index (χ4v) is 4.53. The summed E-state index contributed by atoms with van der Waals surface area (Å²) in [5, 5.41) is 0.767. The van der Waals surface area contributed by atoms with Crippen molar-refractivity contribution in [2.24, 2.45) is 0 Å². The molecule has 0 saturated carbocycles. The predicted octanol–water partition coefficient (Wildman–Crippen LogP) is 3.95. The van der Waals surface area contributed by atoms with Gasteiger partial charge in [0.05, 0.1) is 12.7 Å². The van der Waals surface area contributed by atoms with Crippen molar-refractivity contribution in [3.8, 4) is 0 Å². The monoisotopic (exact) mass is 413 g/mol. The molecular formula is C23H28ClN3O2. The molecule has 0 radical (unpaired) electrons. The summed E-state index contributed by atoms with van der Waals surface area (Å²) in [7, 11) is 0. The van der Waals surface area contributed by atoms with Gasteiger partial charge in [0.2, 0.25) is 5.91 Å². The van der Waals surface area contributed by atoms with E-state index in [-0.39, 0.29) is 18.1 Å². The minimum atomic E-state index is 0.163. The average Bonchev–Trinajstić information content (AvgIpc) is 2.74. The third-order valence-corrected chi connectivity index (χ3v) is 6.23. The number of anilines is 1. The molecule has 1 amide bonds. The van der Waals surface area contributed by atoms with E-state index in [4.69, 9.17) is 16.3 Å². The summed E-state index contributed by atoms with van der Waals surface area (Å²) in [6.07, 6.45) is 5.45. The number of hydrogen-bond acceptors (Lipinski definition) is 4. The molecule has 2 fully saturated rings. The molecule has 2 saturated heterocycles. The summed E-state index contributed by atoms with van der Waals surface area (Å²) in [5.41, 5.74) is 1.29. The zero-order valence-corrected chi connectivity index (χ0v) is 17.6. The Balaban J connectivity index is 1.40. The van der Waals surface area contributed by atoms with Crippen LogP contribution in [0.3, 0.4) is 0 Å². The molecule has 1 aromatic heterocycles. The molecule has 154 valence electrons. The van der Waals surface area contributed by atoms with Crippen molar-refractivity contribution in [3.05, 3.63) is 59.2 Å². The van der Waals surface area contributed by atoms with Crippen molar-refractivity contribution < 1.29 is 9.53 Å². The SMILES string of the molecule is C[C@H]1CN(C2CCN(c3ccccn3)C(=O)C2)[C@@H](CCc2ccc(Cl)cc2)CO1. The summed E-state index contributed by atoms with van der Waals surface area (Å²) in [6.45, 7) is 4.44. The number of aromatic nitrogens is 1. The molecule has 4 rings (SSSR count). The first-order valence-electron chi connectivity index (χ1n) is 10.4. The predicted molar refractivity (Wildman–Crippen MR) is 115 cm³/mol. The van der Waals surface area contributed by atoms with Gasteiger partial charge >= 0.3 is 0 Å². The average molecular weight is 414 g/mol. The maximum Gasteiger partial charge on any atom is 0.229 e. The van der Waals surface area contributed by atoms with Gasteiger partial charge in [0.25, 0.3) is 0 Å². The highest BCUT2D eigenvalue weighted by Gasteiger charge is 2.37. The number of carbonyl (C=O) groups excluding carboxylic acids is 1. The van der Waals surface area contributed by atoms with Crippen LogP contribution in [0.5, 0.6) is 0 Å². The number of piperidine rings is 1. The van der Waals surface area contributed by atoms with Crippen LogP contribution in [0, 0.1) is 0 Å². The zero-order chi connectivity index (χ0) is 20.2. The maximum absolute atomic E-state index is 12.9. The Bertz CT molecular complexity index is 815. The van der Waals surface area contributed by atoms with Crippen molar-refractivity contribution in [2.45, 2.75) is 50.8 Å². The van der Waals surface area contributed by atoms with E-state index >= 15 is 0 Å². The van der Waals surface area contributed by atoms with Crippen LogP contribution in [-0.2, 0) is 16.0 Å². The number of pyridine rings is 1. The van der Waals surface area contributed by atoms with Gasteiger partial charge in [0.15, 0.2) is 0 Å². The second-order valence-corrected chi connectivity index (χ2v) is 8.48. The van der Waals surface area contributed by atoms with Crippen molar-refractivity contribution in [1.29, 1.82) is 0 Å². The third-order valence-electron chi connectivity index (χ3n) is 5.98. The number of hydrogen-bond donors (Lipinski definition) is 0. The molecule has 3 heterocycles. The normalized spacial score (nSPS) is 25.9. The number of carbonyl (C=O) groups is 1. The molecular weight excluding hydrogens is 386 g/mol. The van der Waals surface area contributed by atoms with Gasteiger partial charge in [0, 0.05) is 42.8 Å². The van der Waals surface area contributed by atoms with E-state index in [2.05, 4.69) is 28.9 Å². The van der Waals surface area contributed by atoms with Crippen LogP contribution in [0.15, 0.2) is 48.7 Å². The van der Waals surface area contributed by atoms with E-state index in [1.807, 2.05) is 35.2 Å². The Labute approximate surface area is 177 Å². The summed E-state index contributed by atoms with van der Waals surface area (Å²) in [5.74, 6) is 0.918. The van der Waals surface area contributed by atoms with Gasteiger partial charge in [-0.15, -0.1) is 0 Å². The molecule has 0 N–H and O–H groups in total. The first-order valence-corrected chi connectivity index (χ1v) is 10.8. The molecule has 29 heavy (non-hydrogen) atoms. The van der Waals surface area contributed by atoms with Crippen LogP contribution >= 0.6 is 11.6 Å². The Morgan fingerprint density at radius 1 is 1.21 bits per heavy atom. The minimum Gasteiger partial charge on any atom is -0.376 e. The number of amides is 1. The van der Waals surface area contributed by atoms with Crippen LogP contribution in [0.4, 0.5) is 5.82 Å². The second kappa shape index (κ2) is 9.24. The van der Waals surface area contributed by atoms with Gasteiger partial charge in [-0.2, -0.15) is 0 Å². The zero-order valence-electron chi connectivity index (χ0n) is 16.8. The van der Waals surface area contributed by atoms with Crippen LogP contribution in [-0.4, -0.2) is 53.7 Å². The molecule has 5 nitrogen and oxygen atoms in total. The van der Waals surface area contributed by atoms with Gasteiger partial charge in [-0.05, 0) is 56.0 Å². The van der Waals surface area contributed by atoms with Gasteiger partial charge < -0.3 is 4.74 Å². The van der Waals surface area contributed by atoms with Crippen molar-refractivity contribution >= 4 is 23.3 Å². The summed E-state index contributed by atoms with van der Waals surface area (Å²) in [6, 6.07) is 14.4. The van der Waals surface area contributed by atoms with Crippen LogP contribution < -0.4 is 4.90 Å². The molecule has 2 aliphatic rings. The molecule has 6 heteroatoms. The minimum absolute atomic E-state index is 0.163. The number of rotatable bonds is 5. The first kappa shape index (κ1) is 20.3. The summed E-state index contributed by atoms with van der Waals surface area (Å²) >= 11 is 6.00. The highest BCUT2D eigenvalue weighted by molar-refractivity contribution is 6.30. The summed E-state index contributed by atoms with van der Waals surface area (Å²) in [4.78, 5) is 21.6. The Morgan fingerprint density at radius 3 is 2.76 bits per heavy atom. The highest BCUT2D eigenvalue weighted by Crippen LogP contribution is 2.27. The fourth-order valence-electron chi connectivity index (χ4n) is 4.41. The second-order valence-electron chi connectivity index (χ2n) is 8.04. The Hall–Kier alpha value is -1.95. The number of halogens is 1. The molecule has 0 bridgehead atoms. The van der Waals surface area contributed by atoms with Crippen molar-refractivity contribution in [1.82, 2.24) is 9.88 Å². The Morgan fingerprint density at radius 2 is 2.03 bits per heavy atom. The maximum atomic E-state index is 12.9. The van der Waals surface area contributed by atoms with E-state index in [0.29, 0.717) is 12.5 Å².